The molecule has 1 saturated heterocycles. The van der Waals surface area contributed by atoms with Crippen LogP contribution in [0.1, 0.15) is 5.56 Å². The maximum Gasteiger partial charge on any atom is 0.331 e. The lowest BCUT2D eigenvalue weighted by molar-refractivity contribution is -0.150. The molecular weight excluding hydrogens is 224 g/mol. The summed E-state index contributed by atoms with van der Waals surface area (Å²) in [5, 5.41) is 1.81. The maximum atomic E-state index is 11.4. The molecule has 17 heavy (non-hydrogen) atoms. The van der Waals surface area contributed by atoms with E-state index in [1.165, 1.54) is 0 Å². The molecule has 0 saturated carbocycles. The Kier molecular flexibility index (Phi) is 2.70. The molecule has 0 spiro atoms. The number of carbonyl (C=O) groups excluding carboxylic acids is 4. The molecule has 0 aliphatic carbocycles. The summed E-state index contributed by atoms with van der Waals surface area (Å²) in [5.74, 6) is -3.49. The van der Waals surface area contributed by atoms with Gasteiger partial charge in [-0.3, -0.25) is 24.6 Å². The molecule has 1 aliphatic heterocycles. The van der Waals surface area contributed by atoms with Crippen LogP contribution in [0.25, 0.3) is 0 Å². The summed E-state index contributed by atoms with van der Waals surface area (Å²) < 4.78 is 0. The van der Waals surface area contributed by atoms with Gasteiger partial charge in [-0.25, -0.2) is 4.79 Å². The van der Waals surface area contributed by atoms with Crippen molar-refractivity contribution in [1.29, 1.82) is 0 Å². The van der Waals surface area contributed by atoms with E-state index in [-0.39, 0.29) is 6.54 Å². The van der Waals surface area contributed by atoms with Crippen LogP contribution < -0.4 is 5.32 Å². The van der Waals surface area contributed by atoms with Crippen LogP contribution >= 0.6 is 0 Å². The Morgan fingerprint density at radius 1 is 1.00 bits per heavy atom. The largest absolute Gasteiger partial charge is 0.331 e. The molecule has 2 rings (SSSR count). The highest BCUT2D eigenvalue weighted by Crippen LogP contribution is 2.08. The van der Waals surface area contributed by atoms with Crippen LogP contribution in [-0.4, -0.2) is 28.5 Å². The lowest BCUT2D eigenvalue weighted by Crippen LogP contribution is -2.57. The van der Waals surface area contributed by atoms with Crippen molar-refractivity contribution in [3.63, 3.8) is 0 Å². The molecule has 6 heteroatoms. The van der Waals surface area contributed by atoms with E-state index >= 15 is 0 Å². The zero-order valence-electron chi connectivity index (χ0n) is 8.67. The third-order valence-corrected chi connectivity index (χ3v) is 2.29. The predicted molar refractivity (Wildman–Crippen MR) is 55.5 cm³/mol. The van der Waals surface area contributed by atoms with Gasteiger partial charge < -0.3 is 0 Å². The fourth-order valence-corrected chi connectivity index (χ4v) is 1.44. The number of urea groups is 1. The number of imide groups is 2. The van der Waals surface area contributed by atoms with Crippen molar-refractivity contribution < 1.29 is 19.2 Å². The van der Waals surface area contributed by atoms with Gasteiger partial charge >= 0.3 is 23.6 Å². The van der Waals surface area contributed by atoms with Crippen molar-refractivity contribution in [3.05, 3.63) is 35.9 Å². The van der Waals surface area contributed by atoms with Crippen LogP contribution in [0.5, 0.6) is 0 Å². The number of nitrogens with zero attached hydrogens (tertiary/aromatic N) is 1. The Labute approximate surface area is 96.2 Å². The molecule has 6 nitrogen and oxygen atoms in total. The Bertz CT molecular complexity index is 509. The van der Waals surface area contributed by atoms with Crippen molar-refractivity contribution in [1.82, 2.24) is 10.2 Å². The molecule has 0 bridgehead atoms. The molecule has 4 amide bonds. The number of amides is 4. The maximum absolute atomic E-state index is 11.4. The van der Waals surface area contributed by atoms with Crippen LogP contribution in [0.4, 0.5) is 4.79 Å². The molecule has 1 fully saturated rings. The molecule has 1 heterocycles. The Hall–Kier alpha value is -2.50. The number of rotatable bonds is 2. The quantitative estimate of drug-likeness (QED) is 0.718. The summed E-state index contributed by atoms with van der Waals surface area (Å²) in [6, 6.07) is 7.83. The Balaban J connectivity index is 2.21. The minimum atomic E-state index is -1.22. The zero-order chi connectivity index (χ0) is 12.4. The van der Waals surface area contributed by atoms with Crippen molar-refractivity contribution >= 4 is 23.6 Å². The minimum absolute atomic E-state index is 0.0372. The first-order chi connectivity index (χ1) is 8.09. The average molecular weight is 232 g/mol. The molecule has 1 N–H and O–H groups in total. The first kappa shape index (κ1) is 11.0. The highest BCUT2D eigenvalue weighted by atomic mass is 16.2. The molecule has 1 aromatic carbocycles. The van der Waals surface area contributed by atoms with Crippen LogP contribution in [0.2, 0.25) is 0 Å². The lowest BCUT2D eigenvalue weighted by Gasteiger charge is -2.23. The first-order valence-electron chi connectivity index (χ1n) is 4.84. The van der Waals surface area contributed by atoms with Crippen LogP contribution in [0, 0.1) is 0 Å². The van der Waals surface area contributed by atoms with E-state index in [1.807, 2.05) is 5.32 Å². The van der Waals surface area contributed by atoms with Gasteiger partial charge in [0.2, 0.25) is 0 Å². The highest BCUT2D eigenvalue weighted by Gasteiger charge is 2.38. The Morgan fingerprint density at radius 3 is 2.29 bits per heavy atom. The number of Topliss-reactive ketones (excluding diaryl/α,β-unsaturated/α-hetero) is 1. The summed E-state index contributed by atoms with van der Waals surface area (Å²) >= 11 is 0. The number of barbiturate groups is 1. The van der Waals surface area contributed by atoms with E-state index in [0.717, 1.165) is 0 Å². The van der Waals surface area contributed by atoms with Gasteiger partial charge in [0.1, 0.15) is 0 Å². The topological polar surface area (TPSA) is 83.6 Å². The van der Waals surface area contributed by atoms with E-state index in [9.17, 15) is 19.2 Å². The van der Waals surface area contributed by atoms with Gasteiger partial charge in [-0.15, -0.1) is 0 Å². The number of ketones is 1. The van der Waals surface area contributed by atoms with Crippen molar-refractivity contribution in [2.45, 2.75) is 6.54 Å². The van der Waals surface area contributed by atoms with Gasteiger partial charge in [0.25, 0.3) is 0 Å². The van der Waals surface area contributed by atoms with Crippen molar-refractivity contribution in [3.8, 4) is 0 Å². The second-order valence-electron chi connectivity index (χ2n) is 3.47. The molecule has 0 unspecified atom stereocenters. The third-order valence-electron chi connectivity index (χ3n) is 2.29. The molecule has 1 aromatic rings. The molecule has 86 valence electrons. The minimum Gasteiger partial charge on any atom is -0.277 e. The van der Waals surface area contributed by atoms with E-state index in [1.54, 1.807) is 30.3 Å². The fraction of sp³-hybridized carbons (Fsp3) is 0.0909. The van der Waals surface area contributed by atoms with Crippen molar-refractivity contribution in [2.75, 3.05) is 0 Å². The number of benzene rings is 1. The third kappa shape index (κ3) is 2.05. The van der Waals surface area contributed by atoms with Gasteiger partial charge in [0.05, 0.1) is 6.54 Å². The van der Waals surface area contributed by atoms with Gasteiger partial charge in [-0.05, 0) is 5.56 Å². The van der Waals surface area contributed by atoms with Gasteiger partial charge in [0, 0.05) is 0 Å². The van der Waals surface area contributed by atoms with Crippen molar-refractivity contribution in [2.24, 2.45) is 0 Å². The number of nitrogens with one attached hydrogen (secondary N) is 1. The second-order valence-corrected chi connectivity index (χ2v) is 3.47. The van der Waals surface area contributed by atoms with E-state index in [4.69, 9.17) is 0 Å². The van der Waals surface area contributed by atoms with Crippen LogP contribution in [0.3, 0.4) is 0 Å². The standard InChI is InChI=1S/C11H8N2O4/c14-8-9(15)12-11(17)13(10(8)16)6-7-4-2-1-3-5-7/h1-5H,6H2,(H,12,15,17). The summed E-state index contributed by atoms with van der Waals surface area (Å²) in [6.45, 7) is -0.0372. The normalized spacial score (nSPS) is 16.1. The lowest BCUT2D eigenvalue weighted by atomic mass is 10.2. The smallest absolute Gasteiger partial charge is 0.277 e. The summed E-state index contributed by atoms with van der Waals surface area (Å²) in [5.41, 5.74) is 0.693. The number of hydrogen-bond acceptors (Lipinski definition) is 4. The molecular formula is C11H8N2O4. The zero-order valence-corrected chi connectivity index (χ0v) is 8.67. The number of carbonyl (C=O) groups is 4. The second kappa shape index (κ2) is 4.17. The van der Waals surface area contributed by atoms with Crippen LogP contribution in [-0.2, 0) is 20.9 Å². The van der Waals surface area contributed by atoms with Gasteiger partial charge in [0.15, 0.2) is 0 Å². The monoisotopic (exact) mass is 232 g/mol. The molecule has 0 radical (unpaired) electrons. The van der Waals surface area contributed by atoms with E-state index in [0.29, 0.717) is 10.5 Å². The fourth-order valence-electron chi connectivity index (χ4n) is 1.44. The van der Waals surface area contributed by atoms with Crippen LogP contribution in [0.15, 0.2) is 30.3 Å². The predicted octanol–water partition coefficient (Wildman–Crippen LogP) is -0.166. The Morgan fingerprint density at radius 2 is 1.65 bits per heavy atom. The average Bonchev–Trinajstić information content (AvgIpc) is 2.33. The van der Waals surface area contributed by atoms with E-state index in [2.05, 4.69) is 0 Å². The van der Waals surface area contributed by atoms with Gasteiger partial charge in [-0.1, -0.05) is 30.3 Å². The van der Waals surface area contributed by atoms with Gasteiger partial charge in [-0.2, -0.15) is 0 Å². The highest BCUT2D eigenvalue weighted by molar-refractivity contribution is 6.66. The molecule has 1 aliphatic rings. The first-order valence-corrected chi connectivity index (χ1v) is 4.84. The molecule has 0 aromatic heterocycles. The summed E-state index contributed by atoms with van der Waals surface area (Å²) in [4.78, 5) is 45.5. The summed E-state index contributed by atoms with van der Waals surface area (Å²) in [6.07, 6.45) is 0. The summed E-state index contributed by atoms with van der Waals surface area (Å²) in [7, 11) is 0. The molecule has 0 atom stereocenters. The number of hydrogen-bond donors (Lipinski definition) is 1. The SMILES string of the molecule is O=C1NC(=O)N(Cc2ccccc2)C(=O)C1=O. The van der Waals surface area contributed by atoms with E-state index < -0.39 is 23.6 Å².